The number of halogens is 1. The maximum absolute atomic E-state index is 13.4. The molecule has 0 spiro atoms. The molecule has 3 rings (SSSR count). The molecule has 0 atom stereocenters. The second-order valence-electron chi connectivity index (χ2n) is 4.04. The molecule has 0 aromatic carbocycles. The van der Waals surface area contributed by atoms with Gasteiger partial charge in [0.15, 0.2) is 5.82 Å². The first kappa shape index (κ1) is 12.9. The van der Waals surface area contributed by atoms with Crippen LogP contribution in [0.1, 0.15) is 10.4 Å². The van der Waals surface area contributed by atoms with E-state index in [0.717, 1.165) is 0 Å². The number of nitrogens with one attached hydrogen (secondary N) is 1. The number of hydrogen-bond donors (Lipinski definition) is 1. The zero-order valence-corrected chi connectivity index (χ0v) is 10.6. The van der Waals surface area contributed by atoms with Crippen molar-refractivity contribution in [3.63, 3.8) is 0 Å². The molecule has 0 fully saturated rings. The first-order chi connectivity index (χ1) is 10.2. The van der Waals surface area contributed by atoms with Gasteiger partial charge in [-0.25, -0.2) is 19.6 Å². The van der Waals surface area contributed by atoms with Crippen LogP contribution in [0.4, 0.5) is 10.1 Å². The van der Waals surface area contributed by atoms with E-state index in [0.29, 0.717) is 11.5 Å². The number of amides is 1. The van der Waals surface area contributed by atoms with Crippen molar-refractivity contribution >= 4 is 11.6 Å². The van der Waals surface area contributed by atoms with Crippen molar-refractivity contribution in [2.45, 2.75) is 0 Å². The van der Waals surface area contributed by atoms with E-state index in [4.69, 9.17) is 0 Å². The normalized spacial score (nSPS) is 10.3. The molecule has 21 heavy (non-hydrogen) atoms. The van der Waals surface area contributed by atoms with Gasteiger partial charge in [0.25, 0.3) is 5.91 Å². The lowest BCUT2D eigenvalue weighted by atomic mass is 10.2. The summed E-state index contributed by atoms with van der Waals surface area (Å²) in [6.07, 6.45) is 5.62. The fourth-order valence-electron chi connectivity index (χ4n) is 1.68. The number of anilines is 1. The highest BCUT2D eigenvalue weighted by atomic mass is 19.1. The Bertz CT molecular complexity index is 757. The second-order valence-corrected chi connectivity index (χ2v) is 4.04. The van der Waals surface area contributed by atoms with E-state index in [1.54, 1.807) is 12.1 Å². The monoisotopic (exact) mass is 284 g/mol. The van der Waals surface area contributed by atoms with Crippen LogP contribution in [0.5, 0.6) is 0 Å². The largest absolute Gasteiger partial charge is 0.320 e. The lowest BCUT2D eigenvalue weighted by molar-refractivity contribution is 0.102. The Labute approximate surface area is 118 Å². The third kappa shape index (κ3) is 2.73. The van der Waals surface area contributed by atoms with Gasteiger partial charge in [-0.05, 0) is 24.3 Å². The molecule has 0 bridgehead atoms. The van der Waals surface area contributed by atoms with Crippen molar-refractivity contribution in [1.29, 1.82) is 0 Å². The molecule has 3 heterocycles. The van der Waals surface area contributed by atoms with E-state index in [-0.39, 0.29) is 5.56 Å². The van der Waals surface area contributed by atoms with Gasteiger partial charge >= 0.3 is 0 Å². The van der Waals surface area contributed by atoms with E-state index in [2.05, 4.69) is 25.4 Å². The zero-order chi connectivity index (χ0) is 14.7. The molecule has 0 radical (unpaired) electrons. The van der Waals surface area contributed by atoms with Crippen molar-refractivity contribution in [1.82, 2.24) is 24.7 Å². The molecule has 1 N–H and O–H groups in total. The Morgan fingerprint density at radius 2 is 2.14 bits per heavy atom. The molecule has 0 aliphatic carbocycles. The van der Waals surface area contributed by atoms with Crippen LogP contribution in [-0.4, -0.2) is 30.6 Å². The SMILES string of the molecule is O=C(Nc1ccc(-n2cncn2)nc1)c1cccnc1F. The second kappa shape index (κ2) is 5.45. The number of carbonyl (C=O) groups is 1. The van der Waals surface area contributed by atoms with Crippen molar-refractivity contribution in [3.8, 4) is 5.82 Å². The average Bonchev–Trinajstić information content (AvgIpc) is 3.02. The third-order valence-electron chi connectivity index (χ3n) is 2.66. The number of aromatic nitrogens is 5. The summed E-state index contributed by atoms with van der Waals surface area (Å²) in [4.78, 5) is 23.3. The van der Waals surface area contributed by atoms with Crippen molar-refractivity contribution in [3.05, 3.63) is 60.8 Å². The maximum atomic E-state index is 13.4. The van der Waals surface area contributed by atoms with Crippen LogP contribution in [0.3, 0.4) is 0 Å². The smallest absolute Gasteiger partial charge is 0.260 e. The molecule has 8 heteroatoms. The van der Waals surface area contributed by atoms with E-state index >= 15 is 0 Å². The van der Waals surface area contributed by atoms with Crippen molar-refractivity contribution < 1.29 is 9.18 Å². The zero-order valence-electron chi connectivity index (χ0n) is 10.6. The Hall–Kier alpha value is -3.16. The van der Waals surface area contributed by atoms with E-state index in [1.165, 1.54) is 41.9 Å². The van der Waals surface area contributed by atoms with Gasteiger partial charge in [0.05, 0.1) is 17.4 Å². The number of pyridine rings is 2. The molecule has 3 aromatic heterocycles. The molecule has 0 unspecified atom stereocenters. The van der Waals surface area contributed by atoms with E-state index in [1.807, 2.05) is 0 Å². The summed E-state index contributed by atoms with van der Waals surface area (Å²) in [6.45, 7) is 0. The lowest BCUT2D eigenvalue weighted by Crippen LogP contribution is -2.14. The molecule has 0 saturated heterocycles. The van der Waals surface area contributed by atoms with Gasteiger partial charge in [0.2, 0.25) is 5.95 Å². The molecule has 0 saturated carbocycles. The summed E-state index contributed by atoms with van der Waals surface area (Å²) in [5.41, 5.74) is 0.310. The van der Waals surface area contributed by atoms with Crippen LogP contribution >= 0.6 is 0 Å². The molecule has 0 aliphatic rings. The van der Waals surface area contributed by atoms with Gasteiger partial charge in [-0.15, -0.1) is 0 Å². The van der Waals surface area contributed by atoms with Crippen LogP contribution < -0.4 is 5.32 Å². The van der Waals surface area contributed by atoms with Crippen LogP contribution in [0.25, 0.3) is 5.82 Å². The highest BCUT2D eigenvalue weighted by Gasteiger charge is 2.12. The average molecular weight is 284 g/mol. The molecule has 104 valence electrons. The van der Waals surface area contributed by atoms with Gasteiger partial charge in [0, 0.05) is 6.20 Å². The Balaban J connectivity index is 1.77. The van der Waals surface area contributed by atoms with Crippen LogP contribution in [0.15, 0.2) is 49.3 Å². The van der Waals surface area contributed by atoms with Gasteiger partial charge in [-0.3, -0.25) is 4.79 Å². The first-order valence-corrected chi connectivity index (χ1v) is 5.97. The summed E-state index contributed by atoms with van der Waals surface area (Å²) < 4.78 is 14.9. The highest BCUT2D eigenvalue weighted by molar-refractivity contribution is 6.04. The quantitative estimate of drug-likeness (QED) is 0.736. The van der Waals surface area contributed by atoms with Crippen molar-refractivity contribution in [2.24, 2.45) is 0 Å². The minimum Gasteiger partial charge on any atom is -0.320 e. The molecular formula is C13H9FN6O. The third-order valence-corrected chi connectivity index (χ3v) is 2.66. The van der Waals surface area contributed by atoms with Gasteiger partial charge in [-0.2, -0.15) is 9.49 Å². The van der Waals surface area contributed by atoms with Gasteiger partial charge < -0.3 is 5.32 Å². The number of hydrogen-bond acceptors (Lipinski definition) is 5. The van der Waals surface area contributed by atoms with Gasteiger partial charge in [0.1, 0.15) is 12.7 Å². The lowest BCUT2D eigenvalue weighted by Gasteiger charge is -2.06. The van der Waals surface area contributed by atoms with Gasteiger partial charge in [-0.1, -0.05) is 0 Å². The Morgan fingerprint density at radius 1 is 1.24 bits per heavy atom. The summed E-state index contributed by atoms with van der Waals surface area (Å²) in [6, 6.07) is 6.14. The minimum atomic E-state index is -0.817. The maximum Gasteiger partial charge on any atom is 0.260 e. The summed E-state index contributed by atoms with van der Waals surface area (Å²) in [5.74, 6) is -0.851. The molecule has 1 amide bonds. The first-order valence-electron chi connectivity index (χ1n) is 5.97. The van der Waals surface area contributed by atoms with Crippen molar-refractivity contribution in [2.75, 3.05) is 5.32 Å². The summed E-state index contributed by atoms with van der Waals surface area (Å²) in [7, 11) is 0. The summed E-state index contributed by atoms with van der Waals surface area (Å²) >= 11 is 0. The van der Waals surface area contributed by atoms with Crippen LogP contribution in [0.2, 0.25) is 0 Å². The van der Waals surface area contributed by atoms with E-state index < -0.39 is 11.9 Å². The van der Waals surface area contributed by atoms with E-state index in [9.17, 15) is 9.18 Å². The predicted molar refractivity (Wildman–Crippen MR) is 71.3 cm³/mol. The number of nitrogens with zero attached hydrogens (tertiary/aromatic N) is 5. The van der Waals surface area contributed by atoms with Crippen LogP contribution in [-0.2, 0) is 0 Å². The fourth-order valence-corrected chi connectivity index (χ4v) is 1.68. The topological polar surface area (TPSA) is 85.6 Å². The molecular weight excluding hydrogens is 275 g/mol. The Kier molecular flexibility index (Phi) is 3.34. The van der Waals surface area contributed by atoms with Crippen LogP contribution in [0, 0.1) is 5.95 Å². The number of carbonyl (C=O) groups excluding carboxylic acids is 1. The highest BCUT2D eigenvalue weighted by Crippen LogP contribution is 2.11. The minimum absolute atomic E-state index is 0.127. The Morgan fingerprint density at radius 3 is 2.81 bits per heavy atom. The number of rotatable bonds is 3. The molecule has 3 aromatic rings. The fraction of sp³-hybridized carbons (Fsp3) is 0. The summed E-state index contributed by atoms with van der Waals surface area (Å²) in [5, 5.41) is 6.48. The standard InChI is InChI=1S/C13H9FN6O/c14-12-10(2-1-5-16-12)13(21)19-9-3-4-11(17-6-9)20-8-15-7-18-20/h1-8H,(H,19,21). The molecule has 0 aliphatic heterocycles. The predicted octanol–water partition coefficient (Wildman–Crippen LogP) is 1.45. The molecule has 7 nitrogen and oxygen atoms in total.